The second kappa shape index (κ2) is 10.1. The molecule has 1 saturated heterocycles. The molecule has 0 aliphatic carbocycles. The van der Waals surface area contributed by atoms with Crippen LogP contribution in [0.5, 0.6) is 5.75 Å². The number of ether oxygens (including phenoxy) is 2. The first-order valence-corrected chi connectivity index (χ1v) is 11.7. The van der Waals surface area contributed by atoms with Gasteiger partial charge in [0.1, 0.15) is 12.4 Å². The Morgan fingerprint density at radius 1 is 0.941 bits per heavy atom. The monoisotopic (exact) mass is 449 g/mol. The fourth-order valence-corrected chi connectivity index (χ4v) is 4.61. The van der Waals surface area contributed by atoms with Crippen molar-refractivity contribution in [2.45, 2.75) is 38.1 Å². The van der Waals surface area contributed by atoms with Crippen LogP contribution in [0.4, 0.5) is 0 Å². The van der Waals surface area contributed by atoms with E-state index in [1.807, 2.05) is 48.5 Å². The van der Waals surface area contributed by atoms with Crippen LogP contribution in [0.25, 0.3) is 21.9 Å². The number of fused-ring (bicyclic) bond motifs is 1. The van der Waals surface area contributed by atoms with E-state index >= 15 is 0 Å². The van der Waals surface area contributed by atoms with E-state index in [1.165, 1.54) is 0 Å². The van der Waals surface area contributed by atoms with Gasteiger partial charge in [-0.2, -0.15) is 5.26 Å². The molecule has 1 fully saturated rings. The molecule has 4 aromatic rings. The Morgan fingerprint density at radius 2 is 1.82 bits per heavy atom. The lowest BCUT2D eigenvalue weighted by molar-refractivity contribution is -0.0448. The molecule has 5 rings (SSSR count). The summed E-state index contributed by atoms with van der Waals surface area (Å²) in [5.74, 6) is 0.787. The zero-order chi connectivity index (χ0) is 23.3. The first-order valence-electron chi connectivity index (χ1n) is 11.7. The molecule has 0 aromatic heterocycles. The maximum Gasteiger partial charge on any atom is 0.120 e. The largest absolute Gasteiger partial charge is 0.489 e. The minimum absolute atomic E-state index is 0.0701. The summed E-state index contributed by atoms with van der Waals surface area (Å²) in [7, 11) is 0. The van der Waals surface area contributed by atoms with E-state index in [1.54, 1.807) is 0 Å². The van der Waals surface area contributed by atoms with Gasteiger partial charge in [0.15, 0.2) is 0 Å². The van der Waals surface area contributed by atoms with Gasteiger partial charge in [0, 0.05) is 13.0 Å². The molecule has 4 heteroatoms. The average molecular weight is 450 g/mol. The number of nitriles is 1. The van der Waals surface area contributed by atoms with Crippen molar-refractivity contribution in [3.63, 3.8) is 0 Å². The number of hydrogen-bond acceptors (Lipinski definition) is 4. The maximum absolute atomic E-state index is 9.97. The summed E-state index contributed by atoms with van der Waals surface area (Å²) in [5.41, 5.74) is 5.38. The summed E-state index contributed by atoms with van der Waals surface area (Å²) in [6.45, 7) is 1.03. The quantitative estimate of drug-likeness (QED) is 0.372. The van der Waals surface area contributed by atoms with Crippen LogP contribution in [-0.2, 0) is 17.8 Å². The minimum Gasteiger partial charge on any atom is -0.489 e. The van der Waals surface area contributed by atoms with Crippen LogP contribution in [0.15, 0.2) is 84.9 Å². The highest BCUT2D eigenvalue weighted by atomic mass is 16.5. The molecule has 2 atom stereocenters. The van der Waals surface area contributed by atoms with E-state index < -0.39 is 0 Å². The second-order valence-corrected chi connectivity index (χ2v) is 8.80. The van der Waals surface area contributed by atoms with E-state index in [-0.39, 0.29) is 12.2 Å². The zero-order valence-electron chi connectivity index (χ0n) is 19.0. The van der Waals surface area contributed by atoms with E-state index in [0.717, 1.165) is 44.3 Å². The van der Waals surface area contributed by atoms with Gasteiger partial charge >= 0.3 is 0 Å². The van der Waals surface area contributed by atoms with E-state index in [9.17, 15) is 10.4 Å². The van der Waals surface area contributed by atoms with Gasteiger partial charge in [-0.05, 0) is 75.3 Å². The van der Waals surface area contributed by atoms with Gasteiger partial charge in [0.2, 0.25) is 0 Å². The molecule has 1 aliphatic heterocycles. The van der Waals surface area contributed by atoms with Crippen LogP contribution < -0.4 is 4.74 Å². The van der Waals surface area contributed by atoms with Crippen molar-refractivity contribution in [1.29, 1.82) is 5.26 Å². The maximum atomic E-state index is 9.97. The van der Waals surface area contributed by atoms with Crippen LogP contribution in [0, 0.1) is 11.3 Å². The molecule has 1 heterocycles. The predicted octanol–water partition coefficient (Wildman–Crippen LogP) is 6.36. The van der Waals surface area contributed by atoms with E-state index in [2.05, 4.69) is 42.5 Å². The highest BCUT2D eigenvalue weighted by molar-refractivity contribution is 5.98. The van der Waals surface area contributed by atoms with Crippen molar-refractivity contribution in [1.82, 2.24) is 0 Å². The molecule has 1 N–H and O–H groups in total. The molecule has 170 valence electrons. The average Bonchev–Trinajstić information content (AvgIpc) is 2.88. The SMILES string of the molecule is N#CCc1cc(-c2ccccc2)c2ccc(OCc3cccc(C4CC(O)CCO4)c3)cc2c1. The number of aliphatic hydroxyl groups is 1. The Bertz CT molecular complexity index is 1330. The molecule has 1 aliphatic rings. The summed E-state index contributed by atoms with van der Waals surface area (Å²) < 4.78 is 12.0. The molecule has 0 spiro atoms. The summed E-state index contributed by atoms with van der Waals surface area (Å²) in [4.78, 5) is 0. The number of rotatable bonds is 6. The lowest BCUT2D eigenvalue weighted by Gasteiger charge is -2.27. The molecule has 0 saturated carbocycles. The number of benzene rings is 4. The Hall–Kier alpha value is -3.65. The highest BCUT2D eigenvalue weighted by Gasteiger charge is 2.22. The van der Waals surface area contributed by atoms with Gasteiger partial charge < -0.3 is 14.6 Å². The van der Waals surface area contributed by atoms with Gasteiger partial charge in [-0.1, -0.05) is 54.6 Å². The van der Waals surface area contributed by atoms with Gasteiger partial charge in [-0.3, -0.25) is 0 Å². The highest BCUT2D eigenvalue weighted by Crippen LogP contribution is 2.33. The van der Waals surface area contributed by atoms with Gasteiger partial charge in [0.25, 0.3) is 0 Å². The normalized spacial score (nSPS) is 17.9. The van der Waals surface area contributed by atoms with E-state index in [4.69, 9.17) is 9.47 Å². The van der Waals surface area contributed by atoms with Crippen molar-refractivity contribution >= 4 is 10.8 Å². The molecule has 0 bridgehead atoms. The Kier molecular flexibility index (Phi) is 6.58. The van der Waals surface area contributed by atoms with Crippen molar-refractivity contribution in [3.8, 4) is 22.9 Å². The van der Waals surface area contributed by atoms with Crippen LogP contribution >= 0.6 is 0 Å². The molecular formula is C30H27NO3. The van der Waals surface area contributed by atoms with E-state index in [0.29, 0.717) is 32.5 Å². The minimum atomic E-state index is -0.303. The standard InChI is InChI=1S/C30H27NO3/c31-13-11-21-15-25-18-27(9-10-28(25)29(17-21)23-6-2-1-3-7-23)34-20-22-5-4-8-24(16-22)30-19-26(32)12-14-33-30/h1-10,15-18,26,30,32H,11-12,14,19-20H2. The first-order chi connectivity index (χ1) is 16.7. The predicted molar refractivity (Wildman–Crippen MR) is 133 cm³/mol. The van der Waals surface area contributed by atoms with Crippen LogP contribution in [-0.4, -0.2) is 17.8 Å². The van der Waals surface area contributed by atoms with Crippen LogP contribution in [0.3, 0.4) is 0 Å². The number of aliphatic hydroxyl groups excluding tert-OH is 1. The van der Waals surface area contributed by atoms with Gasteiger partial charge in [-0.25, -0.2) is 0 Å². The Balaban J connectivity index is 1.39. The second-order valence-electron chi connectivity index (χ2n) is 8.80. The van der Waals surface area contributed by atoms with Crippen LogP contribution in [0.1, 0.15) is 35.6 Å². The summed E-state index contributed by atoms with van der Waals surface area (Å²) >= 11 is 0. The number of hydrogen-bond donors (Lipinski definition) is 1. The first kappa shape index (κ1) is 22.2. The third-order valence-corrected chi connectivity index (χ3v) is 6.34. The molecule has 0 radical (unpaired) electrons. The lowest BCUT2D eigenvalue weighted by atomic mass is 9.94. The van der Waals surface area contributed by atoms with Crippen molar-refractivity contribution in [3.05, 3.63) is 102 Å². The van der Waals surface area contributed by atoms with Gasteiger partial charge in [-0.15, -0.1) is 0 Å². The molecule has 0 amide bonds. The molecule has 34 heavy (non-hydrogen) atoms. The third-order valence-electron chi connectivity index (χ3n) is 6.34. The van der Waals surface area contributed by atoms with Crippen molar-refractivity contribution in [2.24, 2.45) is 0 Å². The zero-order valence-corrected chi connectivity index (χ0v) is 19.0. The molecule has 2 unspecified atom stereocenters. The summed E-state index contributed by atoms with van der Waals surface area (Å²) in [6, 6.07) is 31.1. The molecule has 4 aromatic carbocycles. The number of nitrogens with zero attached hydrogens (tertiary/aromatic N) is 1. The lowest BCUT2D eigenvalue weighted by Crippen LogP contribution is -2.23. The summed E-state index contributed by atoms with van der Waals surface area (Å²) in [5, 5.41) is 21.4. The van der Waals surface area contributed by atoms with Crippen LogP contribution in [0.2, 0.25) is 0 Å². The molecular weight excluding hydrogens is 422 g/mol. The van der Waals surface area contributed by atoms with Crippen molar-refractivity contribution in [2.75, 3.05) is 6.61 Å². The Labute approximate surface area is 200 Å². The summed E-state index contributed by atoms with van der Waals surface area (Å²) in [6.07, 6.45) is 1.32. The fourth-order valence-electron chi connectivity index (χ4n) is 4.61. The smallest absolute Gasteiger partial charge is 0.120 e. The molecule has 4 nitrogen and oxygen atoms in total. The van der Waals surface area contributed by atoms with Gasteiger partial charge in [0.05, 0.1) is 24.7 Å². The third kappa shape index (κ3) is 4.97. The topological polar surface area (TPSA) is 62.5 Å². The van der Waals surface area contributed by atoms with Crippen molar-refractivity contribution < 1.29 is 14.6 Å². The fraction of sp³-hybridized carbons (Fsp3) is 0.233. The Morgan fingerprint density at radius 3 is 2.65 bits per heavy atom.